The Labute approximate surface area is 147 Å². The lowest BCUT2D eigenvalue weighted by Crippen LogP contribution is -2.29. The van der Waals surface area contributed by atoms with Crippen LogP contribution < -0.4 is 11.1 Å². The molecule has 1 atom stereocenters. The van der Waals surface area contributed by atoms with Crippen LogP contribution in [0.3, 0.4) is 0 Å². The molecule has 0 saturated heterocycles. The quantitative estimate of drug-likeness (QED) is 0.856. The third-order valence-electron chi connectivity index (χ3n) is 3.03. The minimum Gasteiger partial charge on any atom is -0.352 e. The third kappa shape index (κ3) is 5.57. The van der Waals surface area contributed by atoms with Crippen molar-refractivity contribution in [2.75, 3.05) is 6.54 Å². The van der Waals surface area contributed by atoms with Crippen LogP contribution in [0.5, 0.6) is 0 Å². The third-order valence-corrected chi connectivity index (χ3v) is 3.72. The van der Waals surface area contributed by atoms with Crippen molar-refractivity contribution in [1.29, 1.82) is 0 Å². The van der Waals surface area contributed by atoms with Crippen molar-refractivity contribution in [3.05, 3.63) is 40.2 Å². The fraction of sp³-hybridized carbons (Fsp3) is 0.333. The molecule has 2 aromatic heterocycles. The summed E-state index contributed by atoms with van der Waals surface area (Å²) in [7, 11) is 0. The number of hydrogen-bond donors (Lipinski definition) is 2. The summed E-state index contributed by atoms with van der Waals surface area (Å²) < 4.78 is 0. The number of aryl methyl sites for hydroxylation is 1. The van der Waals surface area contributed by atoms with E-state index in [1.807, 2.05) is 42.8 Å². The summed E-state index contributed by atoms with van der Waals surface area (Å²) in [5, 5.41) is 6.93. The Morgan fingerprint density at radius 3 is 2.64 bits per heavy atom. The molecule has 2 heterocycles. The molecule has 122 valence electrons. The van der Waals surface area contributed by atoms with Gasteiger partial charge in [-0.3, -0.25) is 9.78 Å². The number of carbonyl (C=O) groups is 1. The van der Waals surface area contributed by atoms with Crippen molar-refractivity contribution in [2.45, 2.75) is 26.3 Å². The van der Waals surface area contributed by atoms with E-state index in [0.29, 0.717) is 12.1 Å². The summed E-state index contributed by atoms with van der Waals surface area (Å²) in [5.41, 5.74) is 9.00. The number of thiophene rings is 1. The first-order valence-corrected chi connectivity index (χ1v) is 7.56. The van der Waals surface area contributed by atoms with E-state index < -0.39 is 0 Å². The molecular weight excluding hydrogens is 341 g/mol. The molecule has 0 saturated carbocycles. The number of aromatic nitrogens is 1. The molecule has 0 fully saturated rings. The van der Waals surface area contributed by atoms with Crippen LogP contribution in [0.15, 0.2) is 29.0 Å². The predicted octanol–water partition coefficient (Wildman–Crippen LogP) is 3.43. The molecule has 1 unspecified atom stereocenters. The van der Waals surface area contributed by atoms with E-state index in [0.717, 1.165) is 23.4 Å². The summed E-state index contributed by atoms with van der Waals surface area (Å²) in [5.74, 6) is -0.0903. The van der Waals surface area contributed by atoms with Gasteiger partial charge < -0.3 is 11.1 Å². The van der Waals surface area contributed by atoms with E-state index in [-0.39, 0.29) is 36.8 Å². The summed E-state index contributed by atoms with van der Waals surface area (Å²) in [6, 6.07) is 5.83. The fourth-order valence-corrected chi connectivity index (χ4v) is 2.53. The Hall–Kier alpha value is -1.14. The van der Waals surface area contributed by atoms with Gasteiger partial charge >= 0.3 is 0 Å². The zero-order valence-corrected chi connectivity index (χ0v) is 15.0. The van der Waals surface area contributed by atoms with Gasteiger partial charge in [-0.1, -0.05) is 0 Å². The van der Waals surface area contributed by atoms with Crippen LogP contribution in [0.25, 0.3) is 11.3 Å². The van der Waals surface area contributed by atoms with Gasteiger partial charge in [0.1, 0.15) is 0 Å². The summed E-state index contributed by atoms with van der Waals surface area (Å²) in [4.78, 5) is 16.6. The van der Waals surface area contributed by atoms with Gasteiger partial charge in [-0.15, -0.1) is 24.8 Å². The van der Waals surface area contributed by atoms with Crippen LogP contribution in [0.1, 0.15) is 29.4 Å². The maximum atomic E-state index is 12.1. The Morgan fingerprint density at radius 2 is 2.09 bits per heavy atom. The van der Waals surface area contributed by atoms with Crippen molar-refractivity contribution in [3.63, 3.8) is 0 Å². The van der Waals surface area contributed by atoms with Crippen LogP contribution in [0, 0.1) is 6.92 Å². The highest BCUT2D eigenvalue weighted by Crippen LogP contribution is 2.21. The highest BCUT2D eigenvalue weighted by molar-refractivity contribution is 7.08. The normalized spacial score (nSPS) is 11.0. The van der Waals surface area contributed by atoms with Gasteiger partial charge in [0.2, 0.25) is 0 Å². The van der Waals surface area contributed by atoms with Crippen molar-refractivity contribution in [2.24, 2.45) is 5.73 Å². The van der Waals surface area contributed by atoms with E-state index in [9.17, 15) is 4.79 Å². The van der Waals surface area contributed by atoms with E-state index in [2.05, 4.69) is 10.3 Å². The van der Waals surface area contributed by atoms with Crippen molar-refractivity contribution < 1.29 is 4.79 Å². The first-order chi connectivity index (χ1) is 9.58. The molecule has 7 heteroatoms. The molecule has 0 aliphatic heterocycles. The number of hydrogen-bond acceptors (Lipinski definition) is 4. The maximum absolute atomic E-state index is 12.1. The molecule has 2 aromatic rings. The summed E-state index contributed by atoms with van der Waals surface area (Å²) >= 11 is 1.63. The zero-order valence-electron chi connectivity index (χ0n) is 12.5. The summed E-state index contributed by atoms with van der Waals surface area (Å²) in [6.07, 6.45) is 0.769. The minimum absolute atomic E-state index is 0. The number of nitrogens with two attached hydrogens (primary N) is 1. The molecule has 0 aliphatic rings. The van der Waals surface area contributed by atoms with Crippen LogP contribution in [0.2, 0.25) is 0 Å². The number of pyridine rings is 1. The topological polar surface area (TPSA) is 68.0 Å². The Bertz CT molecular complexity index is 588. The molecule has 1 amide bonds. The van der Waals surface area contributed by atoms with E-state index >= 15 is 0 Å². The molecule has 3 N–H and O–H groups in total. The number of halogens is 2. The molecule has 0 aromatic carbocycles. The molecule has 0 bridgehead atoms. The number of nitrogens with zero attached hydrogens (tertiary/aromatic N) is 1. The van der Waals surface area contributed by atoms with Crippen LogP contribution >= 0.6 is 36.2 Å². The highest BCUT2D eigenvalue weighted by Gasteiger charge is 2.11. The zero-order chi connectivity index (χ0) is 14.5. The average Bonchev–Trinajstić information content (AvgIpc) is 2.91. The lowest BCUT2D eigenvalue weighted by molar-refractivity contribution is 0.0952. The SMILES string of the molecule is Cc1nc(-c2ccsc2)ccc1C(=O)NCCC(C)N.Cl.Cl. The van der Waals surface area contributed by atoms with Gasteiger partial charge in [-0.05, 0) is 43.8 Å². The minimum atomic E-state index is -0.0903. The van der Waals surface area contributed by atoms with Gasteiger partial charge in [0.25, 0.3) is 5.91 Å². The number of rotatable bonds is 5. The van der Waals surface area contributed by atoms with Crippen molar-refractivity contribution in [1.82, 2.24) is 10.3 Å². The fourth-order valence-electron chi connectivity index (χ4n) is 1.88. The van der Waals surface area contributed by atoms with Crippen LogP contribution in [-0.2, 0) is 0 Å². The summed E-state index contributed by atoms with van der Waals surface area (Å²) in [6.45, 7) is 4.37. The smallest absolute Gasteiger partial charge is 0.253 e. The Morgan fingerprint density at radius 1 is 1.36 bits per heavy atom. The molecule has 4 nitrogen and oxygen atoms in total. The second-order valence-electron chi connectivity index (χ2n) is 4.86. The largest absolute Gasteiger partial charge is 0.352 e. The first-order valence-electron chi connectivity index (χ1n) is 6.62. The standard InChI is InChI=1S/C15H19N3OS.2ClH/c1-10(16)5-7-17-15(19)13-3-4-14(18-11(13)2)12-6-8-20-9-12;;/h3-4,6,8-10H,5,7,16H2,1-2H3,(H,17,19);2*1H. The number of amides is 1. The Kier molecular flexibility index (Phi) is 9.28. The van der Waals surface area contributed by atoms with Crippen molar-refractivity contribution >= 4 is 42.1 Å². The first kappa shape index (κ1) is 20.9. The Balaban J connectivity index is 0.00000220. The van der Waals surface area contributed by atoms with Gasteiger partial charge in [0.15, 0.2) is 0 Å². The van der Waals surface area contributed by atoms with Crippen molar-refractivity contribution in [3.8, 4) is 11.3 Å². The lowest BCUT2D eigenvalue weighted by Gasteiger charge is -2.09. The lowest BCUT2D eigenvalue weighted by atomic mass is 10.1. The van der Waals surface area contributed by atoms with E-state index in [1.54, 1.807) is 11.3 Å². The number of carbonyl (C=O) groups excluding carboxylic acids is 1. The maximum Gasteiger partial charge on any atom is 0.253 e. The predicted molar refractivity (Wildman–Crippen MR) is 97.4 cm³/mol. The van der Waals surface area contributed by atoms with Gasteiger partial charge in [0.05, 0.1) is 17.0 Å². The molecule has 0 spiro atoms. The van der Waals surface area contributed by atoms with Gasteiger partial charge in [-0.2, -0.15) is 11.3 Å². The van der Waals surface area contributed by atoms with E-state index in [1.165, 1.54) is 0 Å². The molecule has 22 heavy (non-hydrogen) atoms. The molecule has 0 radical (unpaired) electrons. The average molecular weight is 362 g/mol. The molecule has 2 rings (SSSR count). The second kappa shape index (κ2) is 9.79. The van der Waals surface area contributed by atoms with Crippen LogP contribution in [0.4, 0.5) is 0 Å². The molecule has 0 aliphatic carbocycles. The van der Waals surface area contributed by atoms with Crippen LogP contribution in [-0.4, -0.2) is 23.5 Å². The molecular formula is C15H21Cl2N3OS. The second-order valence-corrected chi connectivity index (χ2v) is 5.64. The monoisotopic (exact) mass is 361 g/mol. The van der Waals surface area contributed by atoms with E-state index in [4.69, 9.17) is 5.73 Å². The van der Waals surface area contributed by atoms with Gasteiger partial charge in [0, 0.05) is 23.5 Å². The van der Waals surface area contributed by atoms with Gasteiger partial charge in [-0.25, -0.2) is 0 Å². The number of nitrogens with one attached hydrogen (secondary N) is 1. The highest BCUT2D eigenvalue weighted by atomic mass is 35.5.